The van der Waals surface area contributed by atoms with Gasteiger partial charge in [0.25, 0.3) is 5.69 Å². The number of non-ortho nitro benzene ring substituents is 1. The first-order chi connectivity index (χ1) is 12.8. The Morgan fingerprint density at radius 1 is 1.19 bits per heavy atom. The molecule has 0 aliphatic heterocycles. The van der Waals surface area contributed by atoms with Crippen LogP contribution >= 0.6 is 0 Å². The number of nitro benzene ring substituents is 1. The topological polar surface area (TPSA) is 120 Å². The highest BCUT2D eigenvalue weighted by Crippen LogP contribution is 2.21. The van der Waals surface area contributed by atoms with Gasteiger partial charge in [-0.05, 0) is 37.1 Å². The zero-order valence-corrected chi connectivity index (χ0v) is 15.5. The van der Waals surface area contributed by atoms with E-state index >= 15 is 0 Å². The third-order valence-corrected chi connectivity index (χ3v) is 5.57. The zero-order chi connectivity index (χ0) is 19.6. The summed E-state index contributed by atoms with van der Waals surface area (Å²) in [6.07, 6.45) is 5.04. The van der Waals surface area contributed by atoms with Crippen molar-refractivity contribution in [1.29, 1.82) is 0 Å². The lowest BCUT2D eigenvalue weighted by Crippen LogP contribution is -2.24. The van der Waals surface area contributed by atoms with E-state index in [1.54, 1.807) is 30.7 Å². The molecule has 0 saturated heterocycles. The molecule has 1 aromatic carbocycles. The Kier molecular flexibility index (Phi) is 5.02. The minimum atomic E-state index is -3.81. The molecule has 9 nitrogen and oxygen atoms in total. The first kappa shape index (κ1) is 18.7. The van der Waals surface area contributed by atoms with Gasteiger partial charge in [0.1, 0.15) is 11.6 Å². The highest BCUT2D eigenvalue weighted by molar-refractivity contribution is 7.89. The first-order valence-corrected chi connectivity index (χ1v) is 9.46. The number of nitrogens with one attached hydrogen (secondary N) is 1. The molecule has 0 bridgehead atoms. The van der Waals surface area contributed by atoms with Gasteiger partial charge in [0.2, 0.25) is 10.0 Å². The summed E-state index contributed by atoms with van der Waals surface area (Å²) >= 11 is 0. The lowest BCUT2D eigenvalue weighted by Gasteiger charge is -2.10. The van der Waals surface area contributed by atoms with Crippen molar-refractivity contribution < 1.29 is 13.3 Å². The molecule has 0 aliphatic carbocycles. The number of benzene rings is 1. The fourth-order valence-electron chi connectivity index (χ4n) is 2.59. The van der Waals surface area contributed by atoms with Gasteiger partial charge in [-0.25, -0.2) is 23.1 Å². The Labute approximate surface area is 155 Å². The van der Waals surface area contributed by atoms with Crippen LogP contribution in [0.5, 0.6) is 0 Å². The van der Waals surface area contributed by atoms with Crippen molar-refractivity contribution in [2.24, 2.45) is 0 Å². The quantitative estimate of drug-likeness (QED) is 0.512. The molecule has 3 aromatic rings. The molecule has 140 valence electrons. The molecule has 0 saturated carbocycles. The van der Waals surface area contributed by atoms with E-state index in [2.05, 4.69) is 14.7 Å². The van der Waals surface area contributed by atoms with Gasteiger partial charge in [-0.2, -0.15) is 0 Å². The molecular formula is C17H17N5O4S. The number of nitro groups is 1. The van der Waals surface area contributed by atoms with Crippen LogP contribution < -0.4 is 4.72 Å². The van der Waals surface area contributed by atoms with Gasteiger partial charge in [0.15, 0.2) is 0 Å². The third-order valence-electron chi connectivity index (χ3n) is 4.01. The Morgan fingerprint density at radius 3 is 2.52 bits per heavy atom. The van der Waals surface area contributed by atoms with E-state index in [1.807, 2.05) is 11.5 Å². The van der Waals surface area contributed by atoms with Crippen molar-refractivity contribution in [2.45, 2.75) is 25.3 Å². The van der Waals surface area contributed by atoms with E-state index in [1.165, 1.54) is 25.1 Å². The molecule has 0 spiro atoms. The van der Waals surface area contributed by atoms with Crippen LogP contribution in [0.25, 0.3) is 5.82 Å². The van der Waals surface area contributed by atoms with E-state index in [4.69, 9.17) is 0 Å². The largest absolute Gasteiger partial charge is 0.288 e. The summed E-state index contributed by atoms with van der Waals surface area (Å²) in [5.41, 5.74) is 0.835. The summed E-state index contributed by atoms with van der Waals surface area (Å²) in [6, 6.07) is 7.19. The van der Waals surface area contributed by atoms with Gasteiger partial charge in [0, 0.05) is 37.3 Å². The van der Waals surface area contributed by atoms with Gasteiger partial charge in [0.05, 0.1) is 9.82 Å². The van der Waals surface area contributed by atoms with Crippen molar-refractivity contribution in [2.75, 3.05) is 0 Å². The second-order valence-electron chi connectivity index (χ2n) is 5.90. The van der Waals surface area contributed by atoms with Crippen molar-refractivity contribution in [3.8, 4) is 5.82 Å². The molecule has 0 aliphatic rings. The maximum Gasteiger partial charge on any atom is 0.269 e. The van der Waals surface area contributed by atoms with Crippen LogP contribution in [-0.2, 0) is 16.6 Å². The van der Waals surface area contributed by atoms with E-state index in [0.717, 1.165) is 5.82 Å². The predicted molar refractivity (Wildman–Crippen MR) is 98.0 cm³/mol. The van der Waals surface area contributed by atoms with Gasteiger partial charge in [-0.15, -0.1) is 0 Å². The van der Waals surface area contributed by atoms with Crippen molar-refractivity contribution in [1.82, 2.24) is 19.3 Å². The second-order valence-corrected chi connectivity index (χ2v) is 7.64. The van der Waals surface area contributed by atoms with Gasteiger partial charge < -0.3 is 0 Å². The molecule has 0 atom stereocenters. The van der Waals surface area contributed by atoms with Crippen molar-refractivity contribution >= 4 is 15.7 Å². The summed E-state index contributed by atoms with van der Waals surface area (Å²) in [7, 11) is -3.81. The summed E-state index contributed by atoms with van der Waals surface area (Å²) < 4.78 is 29.3. The number of hydrogen-bond acceptors (Lipinski definition) is 6. The van der Waals surface area contributed by atoms with E-state index < -0.39 is 14.9 Å². The Morgan fingerprint density at radius 2 is 1.96 bits per heavy atom. The van der Waals surface area contributed by atoms with Crippen LogP contribution in [0.1, 0.15) is 17.0 Å². The molecule has 0 unspecified atom stereocenters. The average molecular weight is 387 g/mol. The molecule has 2 heterocycles. The first-order valence-electron chi connectivity index (χ1n) is 7.98. The fourth-order valence-corrected chi connectivity index (χ4v) is 3.83. The van der Waals surface area contributed by atoms with E-state index in [-0.39, 0.29) is 17.1 Å². The average Bonchev–Trinajstić information content (AvgIpc) is 3.06. The summed E-state index contributed by atoms with van der Waals surface area (Å²) in [5, 5.41) is 10.8. The highest BCUT2D eigenvalue weighted by atomic mass is 32.2. The van der Waals surface area contributed by atoms with Crippen molar-refractivity contribution in [3.05, 3.63) is 76.0 Å². The summed E-state index contributed by atoms with van der Waals surface area (Å²) in [4.78, 5) is 18.7. The highest BCUT2D eigenvalue weighted by Gasteiger charge is 2.19. The fraction of sp³-hybridized carbons (Fsp3) is 0.176. The minimum Gasteiger partial charge on any atom is -0.288 e. The Balaban J connectivity index is 1.74. The van der Waals surface area contributed by atoms with Crippen LogP contribution in [0.2, 0.25) is 0 Å². The minimum absolute atomic E-state index is 0.00622. The van der Waals surface area contributed by atoms with Gasteiger partial charge in [-0.3, -0.25) is 14.7 Å². The Hall–Kier alpha value is -3.11. The maximum absolute atomic E-state index is 12.5. The number of rotatable bonds is 6. The predicted octanol–water partition coefficient (Wildman–Crippen LogP) is 2.27. The smallest absolute Gasteiger partial charge is 0.269 e. The van der Waals surface area contributed by atoms with Crippen LogP contribution in [-0.4, -0.2) is 27.9 Å². The standard InChI is InChI=1S/C17H17N5O4S/c1-12-9-15(22(23)24)4-5-16(12)27(25,26)20-11-14-3-6-17(19-10-14)21-8-7-18-13(21)2/h3-10,20H,11H2,1-2H3. The second kappa shape index (κ2) is 7.25. The molecule has 0 fully saturated rings. The number of imidazole rings is 1. The number of aromatic nitrogens is 3. The Bertz CT molecular complexity index is 1090. The molecule has 0 amide bonds. The van der Waals surface area contributed by atoms with Crippen LogP contribution in [0.15, 0.2) is 53.8 Å². The van der Waals surface area contributed by atoms with Gasteiger partial charge in [-0.1, -0.05) is 6.07 Å². The third kappa shape index (κ3) is 4.01. The molecular weight excluding hydrogens is 370 g/mol. The molecule has 3 rings (SSSR count). The van der Waals surface area contributed by atoms with Crippen LogP contribution in [0, 0.1) is 24.0 Å². The number of pyridine rings is 1. The normalized spacial score (nSPS) is 11.5. The van der Waals surface area contributed by atoms with E-state index in [0.29, 0.717) is 16.9 Å². The molecule has 27 heavy (non-hydrogen) atoms. The lowest BCUT2D eigenvalue weighted by atomic mass is 10.2. The zero-order valence-electron chi connectivity index (χ0n) is 14.7. The lowest BCUT2D eigenvalue weighted by molar-refractivity contribution is -0.385. The number of sulfonamides is 1. The monoisotopic (exact) mass is 387 g/mol. The maximum atomic E-state index is 12.5. The summed E-state index contributed by atoms with van der Waals surface area (Å²) in [6.45, 7) is 3.43. The van der Waals surface area contributed by atoms with E-state index in [9.17, 15) is 18.5 Å². The van der Waals surface area contributed by atoms with Gasteiger partial charge >= 0.3 is 0 Å². The number of nitrogens with zero attached hydrogens (tertiary/aromatic N) is 4. The number of aryl methyl sites for hydroxylation is 2. The molecule has 0 radical (unpaired) electrons. The SMILES string of the molecule is Cc1cc([N+](=O)[O-])ccc1S(=O)(=O)NCc1ccc(-n2ccnc2C)nc1. The van der Waals surface area contributed by atoms with Crippen LogP contribution in [0.4, 0.5) is 5.69 Å². The molecule has 2 aromatic heterocycles. The molecule has 10 heteroatoms. The molecule has 1 N–H and O–H groups in total. The van der Waals surface area contributed by atoms with Crippen molar-refractivity contribution in [3.63, 3.8) is 0 Å². The van der Waals surface area contributed by atoms with Crippen LogP contribution in [0.3, 0.4) is 0 Å². The summed E-state index contributed by atoms with van der Waals surface area (Å²) in [5.74, 6) is 1.48. The number of hydrogen-bond donors (Lipinski definition) is 1.